The number of rotatable bonds is 7. The summed E-state index contributed by atoms with van der Waals surface area (Å²) in [4.78, 5) is 27.4. The van der Waals surface area contributed by atoms with Crippen LogP contribution in [0.25, 0.3) is 0 Å². The lowest BCUT2D eigenvalue weighted by atomic mass is 10.0. The van der Waals surface area contributed by atoms with Crippen LogP contribution in [-0.2, 0) is 4.79 Å². The Hall–Kier alpha value is -2.89. The Kier molecular flexibility index (Phi) is 5.68. The Morgan fingerprint density at radius 1 is 1.22 bits per heavy atom. The number of carbonyl (C=O) groups is 2. The quantitative estimate of drug-likeness (QED) is 0.819. The summed E-state index contributed by atoms with van der Waals surface area (Å²) < 4.78 is 5.22. The molecule has 1 aromatic carbocycles. The van der Waals surface area contributed by atoms with E-state index in [2.05, 4.69) is 10.3 Å². The van der Waals surface area contributed by atoms with Crippen LogP contribution in [0.4, 0.5) is 0 Å². The van der Waals surface area contributed by atoms with Gasteiger partial charge in [-0.05, 0) is 18.6 Å². The summed E-state index contributed by atoms with van der Waals surface area (Å²) in [5.74, 6) is -0.922. The van der Waals surface area contributed by atoms with Crippen LogP contribution < -0.4 is 10.1 Å². The van der Waals surface area contributed by atoms with E-state index in [0.29, 0.717) is 18.1 Å². The Balaban J connectivity index is 2.12. The van der Waals surface area contributed by atoms with E-state index >= 15 is 0 Å². The van der Waals surface area contributed by atoms with Crippen LogP contribution in [0.5, 0.6) is 5.88 Å². The van der Waals surface area contributed by atoms with E-state index in [1.165, 1.54) is 6.20 Å². The fraction of sp³-hybridized carbons (Fsp3) is 0.235. The number of carboxylic acid groups (broad SMARTS) is 1. The highest BCUT2D eigenvalue weighted by Gasteiger charge is 2.19. The molecule has 6 nitrogen and oxygen atoms in total. The molecule has 1 atom stereocenters. The van der Waals surface area contributed by atoms with Gasteiger partial charge in [0, 0.05) is 12.3 Å². The lowest BCUT2D eigenvalue weighted by Crippen LogP contribution is -2.30. The van der Waals surface area contributed by atoms with Crippen molar-refractivity contribution < 1.29 is 19.4 Å². The van der Waals surface area contributed by atoms with Gasteiger partial charge in [-0.2, -0.15) is 0 Å². The molecule has 6 heteroatoms. The van der Waals surface area contributed by atoms with E-state index in [4.69, 9.17) is 9.84 Å². The lowest BCUT2D eigenvalue weighted by molar-refractivity contribution is -0.137. The molecule has 0 spiro atoms. The van der Waals surface area contributed by atoms with Crippen LogP contribution in [0.1, 0.15) is 35.3 Å². The molecule has 1 aromatic heterocycles. The van der Waals surface area contributed by atoms with Crippen molar-refractivity contribution in [1.29, 1.82) is 0 Å². The number of carboxylic acids is 1. The third kappa shape index (κ3) is 4.81. The zero-order valence-corrected chi connectivity index (χ0v) is 12.7. The van der Waals surface area contributed by atoms with Crippen molar-refractivity contribution in [2.75, 3.05) is 6.61 Å². The van der Waals surface area contributed by atoms with Gasteiger partial charge >= 0.3 is 5.97 Å². The SMILES string of the molecule is CCOc1ccc(C(=O)NC(CC(=O)O)c2ccccc2)cn1. The summed E-state index contributed by atoms with van der Waals surface area (Å²) in [5.41, 5.74) is 1.09. The summed E-state index contributed by atoms with van der Waals surface area (Å²) >= 11 is 0. The number of pyridine rings is 1. The molecule has 0 saturated carbocycles. The molecular formula is C17H18N2O4. The van der Waals surface area contributed by atoms with Gasteiger partial charge in [-0.3, -0.25) is 9.59 Å². The van der Waals surface area contributed by atoms with Gasteiger partial charge < -0.3 is 15.2 Å². The molecule has 0 bridgehead atoms. The predicted molar refractivity (Wildman–Crippen MR) is 84.3 cm³/mol. The minimum absolute atomic E-state index is 0.194. The minimum atomic E-state index is -0.982. The van der Waals surface area contributed by atoms with Crippen LogP contribution in [0.15, 0.2) is 48.7 Å². The monoisotopic (exact) mass is 314 g/mol. The van der Waals surface area contributed by atoms with Gasteiger partial charge in [-0.25, -0.2) is 4.98 Å². The normalized spacial score (nSPS) is 11.5. The first-order valence-electron chi connectivity index (χ1n) is 7.26. The van der Waals surface area contributed by atoms with Crippen LogP contribution in [0.3, 0.4) is 0 Å². The van der Waals surface area contributed by atoms with Crippen LogP contribution >= 0.6 is 0 Å². The second-order valence-corrected chi connectivity index (χ2v) is 4.85. The number of nitrogens with zero attached hydrogens (tertiary/aromatic N) is 1. The first-order valence-corrected chi connectivity index (χ1v) is 7.26. The fourth-order valence-corrected chi connectivity index (χ4v) is 2.10. The molecule has 2 rings (SSSR count). The summed E-state index contributed by atoms with van der Waals surface area (Å²) in [7, 11) is 0. The van der Waals surface area contributed by atoms with E-state index in [1.807, 2.05) is 13.0 Å². The van der Waals surface area contributed by atoms with Gasteiger partial charge in [0.2, 0.25) is 5.88 Å². The summed E-state index contributed by atoms with van der Waals surface area (Å²) in [6, 6.07) is 11.6. The molecular weight excluding hydrogens is 296 g/mol. The largest absolute Gasteiger partial charge is 0.481 e. The van der Waals surface area contributed by atoms with Crippen molar-refractivity contribution in [2.24, 2.45) is 0 Å². The minimum Gasteiger partial charge on any atom is -0.481 e. The van der Waals surface area contributed by atoms with Crippen LogP contribution in [-0.4, -0.2) is 28.6 Å². The van der Waals surface area contributed by atoms with E-state index in [9.17, 15) is 9.59 Å². The van der Waals surface area contributed by atoms with Crippen molar-refractivity contribution >= 4 is 11.9 Å². The maximum absolute atomic E-state index is 12.3. The highest BCUT2D eigenvalue weighted by Crippen LogP contribution is 2.17. The number of aromatic nitrogens is 1. The molecule has 0 aliphatic rings. The Labute approximate surface area is 134 Å². The van der Waals surface area contributed by atoms with E-state index in [0.717, 1.165) is 5.56 Å². The lowest BCUT2D eigenvalue weighted by Gasteiger charge is -2.17. The molecule has 1 heterocycles. The summed E-state index contributed by atoms with van der Waals surface area (Å²) in [5, 5.41) is 11.8. The second-order valence-electron chi connectivity index (χ2n) is 4.85. The fourth-order valence-electron chi connectivity index (χ4n) is 2.10. The van der Waals surface area contributed by atoms with E-state index in [-0.39, 0.29) is 12.3 Å². The second kappa shape index (κ2) is 7.93. The first-order chi connectivity index (χ1) is 11.1. The van der Waals surface area contributed by atoms with E-state index in [1.54, 1.807) is 36.4 Å². The average molecular weight is 314 g/mol. The molecule has 0 aliphatic heterocycles. The molecule has 2 N–H and O–H groups in total. The third-order valence-electron chi connectivity index (χ3n) is 3.18. The molecule has 1 unspecified atom stereocenters. The number of nitrogens with one attached hydrogen (secondary N) is 1. The Morgan fingerprint density at radius 3 is 2.52 bits per heavy atom. The maximum atomic E-state index is 12.3. The molecule has 1 amide bonds. The Bertz CT molecular complexity index is 656. The summed E-state index contributed by atoms with van der Waals surface area (Å²) in [6.07, 6.45) is 1.21. The molecule has 23 heavy (non-hydrogen) atoms. The topological polar surface area (TPSA) is 88.5 Å². The predicted octanol–water partition coefficient (Wildman–Crippen LogP) is 2.43. The average Bonchev–Trinajstić information content (AvgIpc) is 2.55. The van der Waals surface area contributed by atoms with E-state index < -0.39 is 12.0 Å². The van der Waals surface area contributed by atoms with Crippen LogP contribution in [0.2, 0.25) is 0 Å². The van der Waals surface area contributed by atoms with Crippen molar-refractivity contribution in [1.82, 2.24) is 10.3 Å². The number of benzene rings is 1. The first kappa shape index (κ1) is 16.5. The zero-order chi connectivity index (χ0) is 16.7. The molecule has 0 aliphatic carbocycles. The van der Waals surface area contributed by atoms with Gasteiger partial charge in [0.1, 0.15) is 0 Å². The summed E-state index contributed by atoms with van der Waals surface area (Å²) in [6.45, 7) is 2.34. The molecule has 2 aromatic rings. The maximum Gasteiger partial charge on any atom is 0.305 e. The third-order valence-corrected chi connectivity index (χ3v) is 3.18. The highest BCUT2D eigenvalue weighted by molar-refractivity contribution is 5.94. The van der Waals surface area contributed by atoms with Gasteiger partial charge in [0.15, 0.2) is 0 Å². The molecule has 0 radical (unpaired) electrons. The molecule has 0 fully saturated rings. The number of amides is 1. The number of hydrogen-bond donors (Lipinski definition) is 2. The molecule has 120 valence electrons. The van der Waals surface area contributed by atoms with Gasteiger partial charge in [0.05, 0.1) is 24.6 Å². The van der Waals surface area contributed by atoms with Gasteiger partial charge in [-0.15, -0.1) is 0 Å². The van der Waals surface area contributed by atoms with Crippen molar-refractivity contribution in [3.05, 3.63) is 59.8 Å². The number of aliphatic carboxylic acids is 1. The number of ether oxygens (including phenoxy) is 1. The van der Waals surface area contributed by atoms with Gasteiger partial charge in [-0.1, -0.05) is 30.3 Å². The van der Waals surface area contributed by atoms with Crippen molar-refractivity contribution in [3.63, 3.8) is 0 Å². The Morgan fingerprint density at radius 2 is 1.96 bits per heavy atom. The van der Waals surface area contributed by atoms with Gasteiger partial charge in [0.25, 0.3) is 5.91 Å². The highest BCUT2D eigenvalue weighted by atomic mass is 16.5. The molecule has 0 saturated heterocycles. The number of carbonyl (C=O) groups excluding carboxylic acids is 1. The smallest absolute Gasteiger partial charge is 0.305 e. The van der Waals surface area contributed by atoms with Crippen LogP contribution in [0, 0.1) is 0 Å². The number of hydrogen-bond acceptors (Lipinski definition) is 4. The van der Waals surface area contributed by atoms with Crippen molar-refractivity contribution in [3.8, 4) is 5.88 Å². The zero-order valence-electron chi connectivity index (χ0n) is 12.7. The standard InChI is InChI=1S/C17H18N2O4/c1-2-23-15-9-8-13(11-18-15)17(22)19-14(10-16(20)21)12-6-4-3-5-7-12/h3-9,11,14H,2,10H2,1H3,(H,19,22)(H,20,21). The van der Waals surface area contributed by atoms with Crippen molar-refractivity contribution in [2.45, 2.75) is 19.4 Å².